The van der Waals surface area contributed by atoms with Crippen molar-refractivity contribution in [2.75, 3.05) is 25.0 Å². The molecule has 2 fully saturated rings. The first-order chi connectivity index (χ1) is 15.6. The summed E-state index contributed by atoms with van der Waals surface area (Å²) >= 11 is 6.21. The number of benzene rings is 2. The molecule has 4 amide bonds. The number of imide groups is 1. The first kappa shape index (κ1) is 23.2. The highest BCUT2D eigenvalue weighted by molar-refractivity contribution is 7.89. The third-order valence-electron chi connectivity index (χ3n) is 5.83. The molecule has 0 spiro atoms. The minimum absolute atomic E-state index is 0.145. The number of hydrogen-bond donors (Lipinski definition) is 2. The zero-order valence-corrected chi connectivity index (χ0v) is 19.4. The molecule has 2 aliphatic rings. The van der Waals surface area contributed by atoms with E-state index in [-0.39, 0.29) is 4.90 Å². The molecule has 0 saturated carbocycles. The van der Waals surface area contributed by atoms with E-state index < -0.39 is 40.0 Å². The van der Waals surface area contributed by atoms with Gasteiger partial charge in [0.1, 0.15) is 12.1 Å². The van der Waals surface area contributed by atoms with E-state index in [9.17, 15) is 22.8 Å². The van der Waals surface area contributed by atoms with Gasteiger partial charge in [-0.15, -0.1) is 0 Å². The van der Waals surface area contributed by atoms with Gasteiger partial charge < -0.3 is 10.6 Å². The van der Waals surface area contributed by atoms with Crippen LogP contribution in [0, 0.1) is 0 Å². The van der Waals surface area contributed by atoms with Crippen LogP contribution in [0.2, 0.25) is 5.02 Å². The first-order valence-electron chi connectivity index (χ1n) is 10.4. The van der Waals surface area contributed by atoms with Gasteiger partial charge in [0.2, 0.25) is 15.9 Å². The lowest BCUT2D eigenvalue weighted by Gasteiger charge is -2.23. The quantitative estimate of drug-likeness (QED) is 0.604. The Hall–Kier alpha value is -2.95. The second-order valence-corrected chi connectivity index (χ2v) is 10.5. The van der Waals surface area contributed by atoms with E-state index in [1.807, 2.05) is 0 Å². The summed E-state index contributed by atoms with van der Waals surface area (Å²) in [5, 5.41) is 5.52. The molecule has 2 heterocycles. The van der Waals surface area contributed by atoms with Crippen LogP contribution in [0.15, 0.2) is 53.4 Å². The summed E-state index contributed by atoms with van der Waals surface area (Å²) in [5.41, 5.74) is -0.606. The van der Waals surface area contributed by atoms with Gasteiger partial charge in [-0.3, -0.25) is 14.5 Å². The van der Waals surface area contributed by atoms with Crippen molar-refractivity contribution >= 4 is 45.2 Å². The van der Waals surface area contributed by atoms with Gasteiger partial charge in [0, 0.05) is 29.4 Å². The summed E-state index contributed by atoms with van der Waals surface area (Å²) in [6, 6.07) is 11.8. The minimum atomic E-state index is -3.56. The summed E-state index contributed by atoms with van der Waals surface area (Å²) in [6.07, 6.45) is 1.68. The maximum absolute atomic E-state index is 13.0. The summed E-state index contributed by atoms with van der Waals surface area (Å²) in [4.78, 5) is 38.9. The van der Waals surface area contributed by atoms with Crippen molar-refractivity contribution in [3.8, 4) is 0 Å². The van der Waals surface area contributed by atoms with Crippen molar-refractivity contribution in [3.05, 3.63) is 59.1 Å². The lowest BCUT2D eigenvalue weighted by atomic mass is 9.92. The van der Waals surface area contributed by atoms with Gasteiger partial charge in [-0.1, -0.05) is 29.8 Å². The second-order valence-electron chi connectivity index (χ2n) is 8.11. The number of anilines is 1. The van der Waals surface area contributed by atoms with E-state index in [2.05, 4.69) is 10.6 Å². The standard InChI is InChI=1S/C22H23ClN4O5S/c1-22(17-6-2-3-7-18(17)23)20(29)27(21(30)25-22)14-19(28)24-15-8-10-16(11-9-15)33(31,32)26-12-4-5-13-26/h2-3,6-11H,4-5,12-14H2,1H3,(H,24,28)(H,25,30). The van der Waals surface area contributed by atoms with E-state index in [4.69, 9.17) is 11.6 Å². The number of nitrogens with one attached hydrogen (secondary N) is 2. The number of rotatable bonds is 6. The Balaban J connectivity index is 1.43. The van der Waals surface area contributed by atoms with E-state index in [1.165, 1.54) is 35.5 Å². The summed E-state index contributed by atoms with van der Waals surface area (Å²) < 4.78 is 26.7. The van der Waals surface area contributed by atoms with Crippen LogP contribution in [-0.4, -0.2) is 55.1 Å². The third-order valence-corrected chi connectivity index (χ3v) is 8.07. The van der Waals surface area contributed by atoms with Crippen molar-refractivity contribution in [1.29, 1.82) is 0 Å². The Labute approximate surface area is 196 Å². The number of amides is 4. The predicted octanol–water partition coefficient (Wildman–Crippen LogP) is 2.53. The average Bonchev–Trinajstić information content (AvgIpc) is 3.39. The fourth-order valence-electron chi connectivity index (χ4n) is 4.02. The van der Waals surface area contributed by atoms with Crippen molar-refractivity contribution in [2.24, 2.45) is 0 Å². The minimum Gasteiger partial charge on any atom is -0.325 e. The van der Waals surface area contributed by atoms with Crippen LogP contribution in [0.5, 0.6) is 0 Å². The second kappa shape index (κ2) is 8.77. The van der Waals surface area contributed by atoms with Crippen LogP contribution in [0.25, 0.3) is 0 Å². The molecule has 1 atom stereocenters. The van der Waals surface area contributed by atoms with Crippen LogP contribution in [0.3, 0.4) is 0 Å². The Kier molecular flexibility index (Phi) is 6.17. The van der Waals surface area contributed by atoms with Crippen LogP contribution < -0.4 is 10.6 Å². The lowest BCUT2D eigenvalue weighted by molar-refractivity contribution is -0.133. The van der Waals surface area contributed by atoms with Gasteiger partial charge in [0.15, 0.2) is 0 Å². The number of urea groups is 1. The van der Waals surface area contributed by atoms with Crippen LogP contribution in [-0.2, 0) is 25.2 Å². The van der Waals surface area contributed by atoms with Gasteiger partial charge in [-0.05, 0) is 50.1 Å². The molecule has 0 aromatic heterocycles. The van der Waals surface area contributed by atoms with Crippen LogP contribution >= 0.6 is 11.6 Å². The normalized spacial score (nSPS) is 21.3. The van der Waals surface area contributed by atoms with Crippen molar-refractivity contribution < 1.29 is 22.8 Å². The average molecular weight is 491 g/mol. The van der Waals surface area contributed by atoms with Crippen molar-refractivity contribution in [3.63, 3.8) is 0 Å². The zero-order valence-electron chi connectivity index (χ0n) is 17.9. The SMILES string of the molecule is CC1(c2ccccc2Cl)NC(=O)N(CC(=O)Nc2ccc(S(=O)(=O)N3CCCC3)cc2)C1=O. The van der Waals surface area contributed by atoms with Gasteiger partial charge in [0.25, 0.3) is 5.91 Å². The molecule has 33 heavy (non-hydrogen) atoms. The fraction of sp³-hybridized carbons (Fsp3) is 0.318. The fourth-order valence-corrected chi connectivity index (χ4v) is 5.86. The van der Waals surface area contributed by atoms with Gasteiger partial charge in [-0.2, -0.15) is 4.31 Å². The number of hydrogen-bond acceptors (Lipinski definition) is 5. The smallest absolute Gasteiger partial charge is 0.325 e. The molecule has 2 aliphatic heterocycles. The monoisotopic (exact) mass is 490 g/mol. The number of carbonyl (C=O) groups is 3. The summed E-state index contributed by atoms with van der Waals surface area (Å²) in [6.45, 7) is 2.03. The molecule has 9 nitrogen and oxygen atoms in total. The lowest BCUT2D eigenvalue weighted by Crippen LogP contribution is -2.42. The molecule has 174 valence electrons. The maximum atomic E-state index is 13.0. The number of carbonyl (C=O) groups excluding carboxylic acids is 3. The summed E-state index contributed by atoms with van der Waals surface area (Å²) in [5.74, 6) is -1.19. The van der Waals surface area contributed by atoms with E-state index in [0.717, 1.165) is 17.7 Å². The molecule has 0 bridgehead atoms. The molecule has 11 heteroatoms. The number of nitrogens with zero attached hydrogens (tertiary/aromatic N) is 2. The molecule has 2 N–H and O–H groups in total. The van der Waals surface area contributed by atoms with Gasteiger partial charge >= 0.3 is 6.03 Å². The van der Waals surface area contributed by atoms with Gasteiger partial charge in [0.05, 0.1) is 4.90 Å². The summed E-state index contributed by atoms with van der Waals surface area (Å²) in [7, 11) is -3.56. The van der Waals surface area contributed by atoms with E-state index in [0.29, 0.717) is 29.4 Å². The predicted molar refractivity (Wildman–Crippen MR) is 122 cm³/mol. The number of sulfonamides is 1. The molecule has 4 rings (SSSR count). The molecule has 0 radical (unpaired) electrons. The molecular formula is C22H23ClN4O5S. The molecule has 2 aromatic rings. The molecule has 2 saturated heterocycles. The highest BCUT2D eigenvalue weighted by Crippen LogP contribution is 2.33. The molecular weight excluding hydrogens is 468 g/mol. The Morgan fingerprint density at radius 1 is 1.09 bits per heavy atom. The first-order valence-corrected chi connectivity index (χ1v) is 12.2. The number of halogens is 1. The van der Waals surface area contributed by atoms with Gasteiger partial charge in [-0.25, -0.2) is 13.2 Å². The topological polar surface area (TPSA) is 116 Å². The molecule has 1 unspecified atom stereocenters. The Morgan fingerprint density at radius 3 is 2.36 bits per heavy atom. The van der Waals surface area contributed by atoms with E-state index >= 15 is 0 Å². The third kappa shape index (κ3) is 4.33. The zero-order chi connectivity index (χ0) is 23.8. The Bertz CT molecular complexity index is 1210. The van der Waals surface area contributed by atoms with Crippen LogP contribution in [0.4, 0.5) is 10.5 Å². The van der Waals surface area contributed by atoms with Crippen molar-refractivity contribution in [2.45, 2.75) is 30.2 Å². The van der Waals surface area contributed by atoms with Crippen LogP contribution in [0.1, 0.15) is 25.3 Å². The van der Waals surface area contributed by atoms with E-state index in [1.54, 1.807) is 24.3 Å². The highest BCUT2D eigenvalue weighted by atomic mass is 35.5. The Morgan fingerprint density at radius 2 is 1.73 bits per heavy atom. The molecule has 2 aromatic carbocycles. The maximum Gasteiger partial charge on any atom is 0.325 e. The highest BCUT2D eigenvalue weighted by Gasteiger charge is 2.50. The molecule has 0 aliphatic carbocycles. The largest absolute Gasteiger partial charge is 0.325 e. The van der Waals surface area contributed by atoms with Crippen molar-refractivity contribution in [1.82, 2.24) is 14.5 Å².